The van der Waals surface area contributed by atoms with E-state index in [4.69, 9.17) is 11.6 Å². The van der Waals surface area contributed by atoms with E-state index in [0.717, 1.165) is 5.56 Å². The van der Waals surface area contributed by atoms with E-state index in [1.165, 1.54) is 19.1 Å². The maximum atomic E-state index is 12.4. The highest BCUT2D eigenvalue weighted by atomic mass is 35.5. The third-order valence-corrected chi connectivity index (χ3v) is 4.78. The molecule has 20 heavy (non-hydrogen) atoms. The standard InChI is InChI=1S/C12H15ClF3NO2S/c1-2-17(9-12(14,15)16)20(18,19)11-5-3-10(4-6-11)7-8-13/h3-6H,2,7-9H2,1H3. The minimum atomic E-state index is -4.57. The van der Waals surface area contributed by atoms with E-state index < -0.39 is 22.7 Å². The Hall–Kier alpha value is -0.790. The van der Waals surface area contributed by atoms with E-state index in [1.54, 1.807) is 12.1 Å². The van der Waals surface area contributed by atoms with Gasteiger partial charge in [0, 0.05) is 12.4 Å². The van der Waals surface area contributed by atoms with Gasteiger partial charge >= 0.3 is 6.18 Å². The maximum Gasteiger partial charge on any atom is 0.402 e. The lowest BCUT2D eigenvalue weighted by molar-refractivity contribution is -0.135. The lowest BCUT2D eigenvalue weighted by atomic mass is 10.2. The van der Waals surface area contributed by atoms with Crippen molar-refractivity contribution in [3.63, 3.8) is 0 Å². The van der Waals surface area contributed by atoms with Gasteiger partial charge in [0.15, 0.2) is 0 Å². The van der Waals surface area contributed by atoms with Crippen molar-refractivity contribution in [2.45, 2.75) is 24.4 Å². The first-order valence-corrected chi connectivity index (χ1v) is 7.90. The number of aryl methyl sites for hydroxylation is 1. The zero-order valence-corrected chi connectivity index (χ0v) is 12.4. The minimum absolute atomic E-state index is 0.151. The summed E-state index contributed by atoms with van der Waals surface area (Å²) in [6.07, 6.45) is -4.00. The molecular weight excluding hydrogens is 315 g/mol. The van der Waals surface area contributed by atoms with Crippen molar-refractivity contribution in [1.82, 2.24) is 4.31 Å². The summed E-state index contributed by atoms with van der Waals surface area (Å²) in [5.74, 6) is 0.390. The highest BCUT2D eigenvalue weighted by molar-refractivity contribution is 7.89. The Balaban J connectivity index is 3.01. The van der Waals surface area contributed by atoms with E-state index in [2.05, 4.69) is 0 Å². The Kier molecular flexibility index (Phi) is 5.85. The molecule has 1 aromatic carbocycles. The molecule has 114 valence electrons. The number of sulfonamides is 1. The van der Waals surface area contributed by atoms with Gasteiger partial charge in [-0.1, -0.05) is 19.1 Å². The van der Waals surface area contributed by atoms with Crippen LogP contribution in [0.4, 0.5) is 13.2 Å². The zero-order valence-electron chi connectivity index (χ0n) is 10.8. The van der Waals surface area contributed by atoms with Crippen LogP contribution in [0.15, 0.2) is 29.2 Å². The summed E-state index contributed by atoms with van der Waals surface area (Å²) in [4.78, 5) is -0.151. The number of halogens is 4. The van der Waals surface area contributed by atoms with Gasteiger partial charge in [-0.15, -0.1) is 11.6 Å². The molecule has 0 aromatic heterocycles. The maximum absolute atomic E-state index is 12.4. The van der Waals surface area contributed by atoms with Crippen molar-refractivity contribution in [3.05, 3.63) is 29.8 Å². The molecule has 0 saturated carbocycles. The normalized spacial score (nSPS) is 12.9. The second-order valence-corrected chi connectivity index (χ2v) is 6.45. The third-order valence-electron chi connectivity index (χ3n) is 2.65. The van der Waals surface area contributed by atoms with Crippen molar-refractivity contribution >= 4 is 21.6 Å². The quantitative estimate of drug-likeness (QED) is 0.752. The molecule has 0 spiro atoms. The SMILES string of the molecule is CCN(CC(F)(F)F)S(=O)(=O)c1ccc(CCCl)cc1. The topological polar surface area (TPSA) is 37.4 Å². The fourth-order valence-electron chi connectivity index (χ4n) is 1.65. The van der Waals surface area contributed by atoms with Crippen LogP contribution in [0.1, 0.15) is 12.5 Å². The molecule has 0 N–H and O–H groups in total. The molecule has 0 bridgehead atoms. The highest BCUT2D eigenvalue weighted by Gasteiger charge is 2.36. The average Bonchev–Trinajstić information content (AvgIpc) is 2.36. The van der Waals surface area contributed by atoms with Gasteiger partial charge < -0.3 is 0 Å². The molecule has 1 rings (SSSR count). The van der Waals surface area contributed by atoms with Gasteiger partial charge in [-0.05, 0) is 24.1 Å². The minimum Gasteiger partial charge on any atom is -0.207 e. The Morgan fingerprint density at radius 2 is 1.75 bits per heavy atom. The number of benzene rings is 1. The third kappa shape index (κ3) is 4.64. The Morgan fingerprint density at radius 3 is 2.15 bits per heavy atom. The lowest BCUT2D eigenvalue weighted by Crippen LogP contribution is -2.38. The molecule has 0 aliphatic rings. The van der Waals surface area contributed by atoms with E-state index in [0.29, 0.717) is 16.6 Å². The number of alkyl halides is 4. The van der Waals surface area contributed by atoms with Gasteiger partial charge in [0.25, 0.3) is 0 Å². The summed E-state index contributed by atoms with van der Waals surface area (Å²) >= 11 is 5.56. The number of rotatable bonds is 6. The van der Waals surface area contributed by atoms with E-state index >= 15 is 0 Å². The fraction of sp³-hybridized carbons (Fsp3) is 0.500. The van der Waals surface area contributed by atoms with Crippen LogP contribution in [0.2, 0.25) is 0 Å². The summed E-state index contributed by atoms with van der Waals surface area (Å²) in [6.45, 7) is -0.369. The van der Waals surface area contributed by atoms with Gasteiger partial charge in [0.05, 0.1) is 4.90 Å². The zero-order chi connectivity index (χ0) is 15.4. The number of hydrogen-bond acceptors (Lipinski definition) is 2. The Bertz CT molecular complexity index is 529. The molecular formula is C12H15ClF3NO2S. The average molecular weight is 330 g/mol. The van der Waals surface area contributed by atoms with Crippen LogP contribution in [-0.2, 0) is 16.4 Å². The molecule has 3 nitrogen and oxygen atoms in total. The monoisotopic (exact) mass is 329 g/mol. The smallest absolute Gasteiger partial charge is 0.207 e. The predicted molar refractivity (Wildman–Crippen MR) is 71.4 cm³/mol. The molecule has 0 aliphatic heterocycles. The largest absolute Gasteiger partial charge is 0.402 e. The lowest BCUT2D eigenvalue weighted by Gasteiger charge is -2.21. The molecule has 0 unspecified atom stereocenters. The van der Waals surface area contributed by atoms with Crippen molar-refractivity contribution < 1.29 is 21.6 Å². The first-order chi connectivity index (χ1) is 9.20. The predicted octanol–water partition coefficient (Wildman–Crippen LogP) is 3.04. The Morgan fingerprint density at radius 1 is 1.20 bits per heavy atom. The molecule has 0 fully saturated rings. The van der Waals surface area contributed by atoms with Gasteiger partial charge in [0.1, 0.15) is 6.54 Å². The second kappa shape index (κ2) is 6.78. The van der Waals surface area contributed by atoms with Crippen LogP contribution in [0.25, 0.3) is 0 Å². The second-order valence-electron chi connectivity index (χ2n) is 4.13. The molecule has 0 atom stereocenters. The number of nitrogens with zero attached hydrogens (tertiary/aromatic N) is 1. The van der Waals surface area contributed by atoms with Gasteiger partial charge in [-0.25, -0.2) is 8.42 Å². The summed E-state index contributed by atoms with van der Waals surface area (Å²) in [5.41, 5.74) is 0.831. The molecule has 0 aliphatic carbocycles. The van der Waals surface area contributed by atoms with Gasteiger partial charge in [-0.2, -0.15) is 17.5 Å². The van der Waals surface area contributed by atoms with Crippen LogP contribution < -0.4 is 0 Å². The first kappa shape index (κ1) is 17.3. The fourth-order valence-corrected chi connectivity index (χ4v) is 3.31. The first-order valence-electron chi connectivity index (χ1n) is 5.92. The van der Waals surface area contributed by atoms with Gasteiger partial charge in [-0.3, -0.25) is 0 Å². The molecule has 0 heterocycles. The van der Waals surface area contributed by atoms with Crippen molar-refractivity contribution in [2.75, 3.05) is 19.0 Å². The molecule has 0 radical (unpaired) electrons. The molecule has 8 heteroatoms. The van der Waals surface area contributed by atoms with Crippen molar-refractivity contribution in [2.24, 2.45) is 0 Å². The number of hydrogen-bond donors (Lipinski definition) is 0. The van der Waals surface area contributed by atoms with E-state index in [1.807, 2.05) is 0 Å². The van der Waals surface area contributed by atoms with Crippen LogP contribution in [0, 0.1) is 0 Å². The molecule has 0 saturated heterocycles. The summed E-state index contributed by atoms with van der Waals surface area (Å²) in [6, 6.07) is 5.71. The van der Waals surface area contributed by atoms with Crippen LogP contribution in [0.5, 0.6) is 0 Å². The van der Waals surface area contributed by atoms with Crippen molar-refractivity contribution in [1.29, 1.82) is 0 Å². The van der Waals surface area contributed by atoms with Crippen LogP contribution >= 0.6 is 11.6 Å². The summed E-state index contributed by atoms with van der Waals surface area (Å²) < 4.78 is 61.8. The van der Waals surface area contributed by atoms with E-state index in [9.17, 15) is 21.6 Å². The van der Waals surface area contributed by atoms with E-state index in [-0.39, 0.29) is 11.4 Å². The van der Waals surface area contributed by atoms with Crippen LogP contribution in [-0.4, -0.2) is 37.9 Å². The Labute approximate surface area is 121 Å². The highest BCUT2D eigenvalue weighted by Crippen LogP contribution is 2.22. The van der Waals surface area contributed by atoms with Gasteiger partial charge in [0.2, 0.25) is 10.0 Å². The van der Waals surface area contributed by atoms with Crippen molar-refractivity contribution in [3.8, 4) is 0 Å². The molecule has 0 amide bonds. The molecule has 1 aromatic rings. The summed E-state index contributed by atoms with van der Waals surface area (Å²) in [7, 11) is -4.14. The summed E-state index contributed by atoms with van der Waals surface area (Å²) in [5, 5.41) is 0. The van der Waals surface area contributed by atoms with Crippen LogP contribution in [0.3, 0.4) is 0 Å².